The Morgan fingerprint density at radius 2 is 1.83 bits per heavy atom. The predicted molar refractivity (Wildman–Crippen MR) is 83.7 cm³/mol. The molecular formula is C16H19N3O5. The van der Waals surface area contributed by atoms with Gasteiger partial charge in [0.25, 0.3) is 11.8 Å². The van der Waals surface area contributed by atoms with Crippen molar-refractivity contribution in [2.24, 2.45) is 0 Å². The molecule has 0 aliphatic carbocycles. The number of amides is 4. The van der Waals surface area contributed by atoms with Crippen LogP contribution in [0.1, 0.15) is 12.5 Å². The molecule has 1 N–H and O–H groups in total. The number of imide groups is 1. The molecule has 24 heavy (non-hydrogen) atoms. The first-order valence-corrected chi connectivity index (χ1v) is 7.31. The van der Waals surface area contributed by atoms with Gasteiger partial charge in [-0.1, -0.05) is 30.3 Å². The number of carbonyl (C=O) groups is 4. The van der Waals surface area contributed by atoms with Crippen LogP contribution in [-0.2, 0) is 24.7 Å². The van der Waals surface area contributed by atoms with Gasteiger partial charge in [0.05, 0.1) is 0 Å². The number of likely N-dealkylation sites (N-methyl/N-ethyl adjacent to an activating group) is 1. The minimum absolute atomic E-state index is 0.394. The van der Waals surface area contributed by atoms with Crippen LogP contribution in [-0.4, -0.2) is 60.9 Å². The molecule has 0 aromatic heterocycles. The van der Waals surface area contributed by atoms with Gasteiger partial charge in [0, 0.05) is 14.1 Å². The Morgan fingerprint density at radius 1 is 1.21 bits per heavy atom. The van der Waals surface area contributed by atoms with Crippen molar-refractivity contribution < 1.29 is 23.9 Å². The molecule has 1 fully saturated rings. The molecule has 0 radical (unpaired) electrons. The van der Waals surface area contributed by atoms with Gasteiger partial charge in [-0.2, -0.15) is 0 Å². The molecule has 1 aliphatic rings. The fourth-order valence-corrected chi connectivity index (χ4v) is 2.25. The zero-order valence-corrected chi connectivity index (χ0v) is 13.7. The van der Waals surface area contributed by atoms with Crippen molar-refractivity contribution in [3.8, 4) is 0 Å². The first kappa shape index (κ1) is 17.5. The first-order valence-electron chi connectivity index (χ1n) is 7.31. The van der Waals surface area contributed by atoms with E-state index in [4.69, 9.17) is 4.74 Å². The van der Waals surface area contributed by atoms with Gasteiger partial charge >= 0.3 is 12.0 Å². The first-order chi connectivity index (χ1) is 11.3. The average molecular weight is 333 g/mol. The van der Waals surface area contributed by atoms with Gasteiger partial charge in [-0.15, -0.1) is 0 Å². The van der Waals surface area contributed by atoms with Crippen LogP contribution in [0.15, 0.2) is 30.3 Å². The Bertz CT molecular complexity index is 674. The van der Waals surface area contributed by atoms with Crippen molar-refractivity contribution in [2.45, 2.75) is 12.5 Å². The van der Waals surface area contributed by atoms with Crippen LogP contribution >= 0.6 is 0 Å². The van der Waals surface area contributed by atoms with E-state index in [0.717, 1.165) is 4.90 Å². The number of hydrogen-bond acceptors (Lipinski definition) is 5. The third-order valence-electron chi connectivity index (χ3n) is 3.77. The van der Waals surface area contributed by atoms with E-state index in [9.17, 15) is 19.2 Å². The van der Waals surface area contributed by atoms with Crippen LogP contribution in [0.2, 0.25) is 0 Å². The average Bonchev–Trinajstić information content (AvgIpc) is 2.77. The molecule has 4 amide bonds. The molecule has 0 spiro atoms. The van der Waals surface area contributed by atoms with Crippen molar-refractivity contribution in [1.29, 1.82) is 0 Å². The summed E-state index contributed by atoms with van der Waals surface area (Å²) in [7, 11) is 3.05. The highest BCUT2D eigenvalue weighted by molar-refractivity contribution is 6.08. The Morgan fingerprint density at radius 3 is 2.42 bits per heavy atom. The van der Waals surface area contributed by atoms with Crippen molar-refractivity contribution in [3.05, 3.63) is 35.9 Å². The van der Waals surface area contributed by atoms with E-state index in [1.807, 2.05) is 0 Å². The molecule has 8 heteroatoms. The van der Waals surface area contributed by atoms with Crippen LogP contribution in [0, 0.1) is 0 Å². The quantitative estimate of drug-likeness (QED) is 0.608. The molecule has 2 rings (SSSR count). The van der Waals surface area contributed by atoms with E-state index in [1.165, 1.54) is 19.0 Å². The highest BCUT2D eigenvalue weighted by Gasteiger charge is 2.49. The predicted octanol–water partition coefficient (Wildman–Crippen LogP) is 0.0850. The number of benzene rings is 1. The lowest BCUT2D eigenvalue weighted by Crippen LogP contribution is -2.41. The summed E-state index contributed by atoms with van der Waals surface area (Å²) in [5, 5.41) is 2.59. The molecule has 0 unspecified atom stereocenters. The molecule has 1 aromatic rings. The van der Waals surface area contributed by atoms with Crippen LogP contribution in [0.4, 0.5) is 4.79 Å². The normalized spacial score (nSPS) is 19.9. The second-order valence-electron chi connectivity index (χ2n) is 5.76. The lowest BCUT2D eigenvalue weighted by Gasteiger charge is -2.22. The zero-order valence-electron chi connectivity index (χ0n) is 13.7. The molecule has 1 saturated heterocycles. The third-order valence-corrected chi connectivity index (χ3v) is 3.77. The van der Waals surface area contributed by atoms with Crippen molar-refractivity contribution in [1.82, 2.24) is 15.1 Å². The van der Waals surface area contributed by atoms with Crippen molar-refractivity contribution in [2.75, 3.05) is 27.2 Å². The second kappa shape index (κ2) is 6.69. The molecule has 128 valence electrons. The number of nitrogens with zero attached hydrogens (tertiary/aromatic N) is 2. The second-order valence-corrected chi connectivity index (χ2v) is 5.76. The summed E-state index contributed by atoms with van der Waals surface area (Å²) in [6.45, 7) is 0.586. The van der Waals surface area contributed by atoms with E-state index < -0.39 is 42.5 Å². The maximum atomic E-state index is 12.6. The van der Waals surface area contributed by atoms with Gasteiger partial charge in [-0.3, -0.25) is 19.3 Å². The summed E-state index contributed by atoms with van der Waals surface area (Å²) in [6, 6.07) is 8.06. The van der Waals surface area contributed by atoms with E-state index >= 15 is 0 Å². The molecule has 1 aliphatic heterocycles. The van der Waals surface area contributed by atoms with Crippen LogP contribution in [0.5, 0.6) is 0 Å². The largest absolute Gasteiger partial charge is 0.454 e. The summed E-state index contributed by atoms with van der Waals surface area (Å²) in [5.41, 5.74) is -0.625. The fraction of sp³-hybridized carbons (Fsp3) is 0.375. The summed E-state index contributed by atoms with van der Waals surface area (Å²) < 4.78 is 4.79. The molecule has 8 nitrogen and oxygen atoms in total. The van der Waals surface area contributed by atoms with Crippen LogP contribution in [0.3, 0.4) is 0 Å². The lowest BCUT2D eigenvalue weighted by atomic mass is 9.92. The number of rotatable bonds is 5. The summed E-state index contributed by atoms with van der Waals surface area (Å²) in [5.74, 6) is -1.77. The third kappa shape index (κ3) is 3.37. The zero-order chi connectivity index (χ0) is 17.9. The molecule has 0 saturated carbocycles. The topological polar surface area (TPSA) is 96.0 Å². The highest BCUT2D eigenvalue weighted by Crippen LogP contribution is 2.28. The van der Waals surface area contributed by atoms with E-state index in [2.05, 4.69) is 5.32 Å². The summed E-state index contributed by atoms with van der Waals surface area (Å²) in [4.78, 5) is 49.9. The SMILES string of the molecule is CN(C)C(=O)COC(=O)CN1C(=O)N[C@@](C)(c2ccccc2)C1=O. The monoisotopic (exact) mass is 333 g/mol. The van der Waals surface area contributed by atoms with Gasteiger partial charge in [-0.05, 0) is 12.5 Å². The van der Waals surface area contributed by atoms with E-state index in [0.29, 0.717) is 5.56 Å². The number of hydrogen-bond donors (Lipinski definition) is 1. The van der Waals surface area contributed by atoms with Gasteiger partial charge in [0.1, 0.15) is 12.1 Å². The highest BCUT2D eigenvalue weighted by atomic mass is 16.5. The fourth-order valence-electron chi connectivity index (χ4n) is 2.25. The van der Waals surface area contributed by atoms with E-state index in [1.54, 1.807) is 37.3 Å². The van der Waals surface area contributed by atoms with Gasteiger partial charge < -0.3 is 15.0 Å². The van der Waals surface area contributed by atoms with Crippen LogP contribution in [0.25, 0.3) is 0 Å². The van der Waals surface area contributed by atoms with E-state index in [-0.39, 0.29) is 0 Å². The van der Waals surface area contributed by atoms with Gasteiger partial charge in [-0.25, -0.2) is 4.79 Å². The number of carbonyl (C=O) groups excluding carboxylic acids is 4. The minimum Gasteiger partial charge on any atom is -0.454 e. The Hall–Kier alpha value is -2.90. The van der Waals surface area contributed by atoms with Crippen molar-refractivity contribution >= 4 is 23.8 Å². The number of ether oxygens (including phenoxy) is 1. The summed E-state index contributed by atoms with van der Waals surface area (Å²) >= 11 is 0. The standard InChI is InChI=1S/C16H19N3O5/c1-16(11-7-5-4-6-8-11)14(22)19(15(23)17-16)9-13(21)24-10-12(20)18(2)3/h4-8H,9-10H2,1-3H3,(H,17,23)/t16-/m0/s1. The molecule has 1 atom stereocenters. The number of urea groups is 1. The Balaban J connectivity index is 2.04. The lowest BCUT2D eigenvalue weighted by molar-refractivity contribution is -0.153. The Kier molecular flexibility index (Phi) is 4.87. The van der Waals surface area contributed by atoms with Crippen molar-refractivity contribution in [3.63, 3.8) is 0 Å². The number of esters is 1. The van der Waals surface area contributed by atoms with Gasteiger partial charge in [0.15, 0.2) is 6.61 Å². The maximum absolute atomic E-state index is 12.6. The smallest absolute Gasteiger partial charge is 0.326 e. The van der Waals surface area contributed by atoms with Gasteiger partial charge in [0.2, 0.25) is 0 Å². The minimum atomic E-state index is -1.24. The molecule has 1 heterocycles. The summed E-state index contributed by atoms with van der Waals surface area (Å²) in [6.07, 6.45) is 0. The molecular weight excluding hydrogens is 314 g/mol. The maximum Gasteiger partial charge on any atom is 0.326 e. The molecule has 0 bridgehead atoms. The van der Waals surface area contributed by atoms with Crippen LogP contribution < -0.4 is 5.32 Å². The molecule has 1 aromatic carbocycles. The number of nitrogens with one attached hydrogen (secondary N) is 1. The Labute approximate surface area is 139 Å².